The summed E-state index contributed by atoms with van der Waals surface area (Å²) in [4.78, 5) is 36.9. The maximum atomic E-state index is 13.1. The number of nitrogens with one attached hydrogen (secondary N) is 2. The van der Waals surface area contributed by atoms with Gasteiger partial charge < -0.3 is 15.5 Å². The summed E-state index contributed by atoms with van der Waals surface area (Å²) in [5, 5.41) is 4.93. The molecule has 0 radical (unpaired) electrons. The minimum atomic E-state index is -4.67. The Kier molecular flexibility index (Phi) is 6.52. The number of amides is 3. The molecule has 1 aromatic carbocycles. The maximum Gasteiger partial charge on any atom is 0.416 e. The molecule has 10 heteroatoms. The van der Waals surface area contributed by atoms with E-state index in [1.165, 1.54) is 22.7 Å². The molecule has 0 aromatic heterocycles. The molecule has 26 heavy (non-hydrogen) atoms. The number of benzene rings is 1. The van der Waals surface area contributed by atoms with Gasteiger partial charge in [0.25, 0.3) is 5.91 Å². The quantitative estimate of drug-likeness (QED) is 0.807. The standard InChI is InChI=1S/C16H18F3N3O3S/c1-2-26-9-14(24)21-12-6-10(5-11(7-12)16(17,18)19)15(25)22-4-3-20-13(23)8-22/h5-7H,2-4,8-9H2,1H3,(H,20,23)(H,21,24). The Morgan fingerprint density at radius 2 is 2.04 bits per heavy atom. The van der Waals surface area contributed by atoms with Gasteiger partial charge in [0.05, 0.1) is 17.9 Å². The van der Waals surface area contributed by atoms with Crippen LogP contribution in [-0.4, -0.2) is 53.8 Å². The first-order chi connectivity index (χ1) is 12.2. The molecule has 1 saturated heterocycles. The maximum absolute atomic E-state index is 13.1. The van der Waals surface area contributed by atoms with Crippen LogP contribution in [0.3, 0.4) is 0 Å². The van der Waals surface area contributed by atoms with Crippen LogP contribution in [-0.2, 0) is 15.8 Å². The molecule has 0 unspecified atom stereocenters. The first-order valence-corrected chi connectivity index (χ1v) is 9.02. The fraction of sp³-hybridized carbons (Fsp3) is 0.438. The summed E-state index contributed by atoms with van der Waals surface area (Å²) in [6, 6.07) is 2.71. The van der Waals surface area contributed by atoms with E-state index in [2.05, 4.69) is 10.6 Å². The molecule has 0 saturated carbocycles. The van der Waals surface area contributed by atoms with Gasteiger partial charge in [-0.25, -0.2) is 0 Å². The normalized spacial score (nSPS) is 14.8. The number of piperazine rings is 1. The zero-order chi connectivity index (χ0) is 19.3. The van der Waals surface area contributed by atoms with E-state index in [1.807, 2.05) is 6.92 Å². The van der Waals surface area contributed by atoms with Crippen LogP contribution in [0.4, 0.5) is 18.9 Å². The van der Waals surface area contributed by atoms with Crippen LogP contribution < -0.4 is 10.6 Å². The molecule has 6 nitrogen and oxygen atoms in total. The van der Waals surface area contributed by atoms with E-state index in [1.54, 1.807) is 0 Å². The highest BCUT2D eigenvalue weighted by atomic mass is 32.2. The summed E-state index contributed by atoms with van der Waals surface area (Å²) in [5.41, 5.74) is -1.37. The number of halogens is 3. The number of carbonyl (C=O) groups excluding carboxylic acids is 3. The number of nitrogens with zero attached hydrogens (tertiary/aromatic N) is 1. The van der Waals surface area contributed by atoms with Gasteiger partial charge in [-0.3, -0.25) is 14.4 Å². The molecule has 1 heterocycles. The van der Waals surface area contributed by atoms with Crippen LogP contribution >= 0.6 is 11.8 Å². The van der Waals surface area contributed by atoms with Crippen molar-refractivity contribution in [1.29, 1.82) is 0 Å². The van der Waals surface area contributed by atoms with Crippen molar-refractivity contribution in [1.82, 2.24) is 10.2 Å². The average Bonchev–Trinajstić information content (AvgIpc) is 2.58. The van der Waals surface area contributed by atoms with Crippen molar-refractivity contribution in [3.8, 4) is 0 Å². The van der Waals surface area contributed by atoms with Gasteiger partial charge in [-0.15, -0.1) is 0 Å². The van der Waals surface area contributed by atoms with Crippen molar-refractivity contribution in [2.75, 3.05) is 36.5 Å². The topological polar surface area (TPSA) is 78.5 Å². The lowest BCUT2D eigenvalue weighted by molar-refractivity contribution is -0.137. The van der Waals surface area contributed by atoms with Gasteiger partial charge in [0.15, 0.2) is 0 Å². The Morgan fingerprint density at radius 1 is 1.31 bits per heavy atom. The highest BCUT2D eigenvalue weighted by molar-refractivity contribution is 7.99. The van der Waals surface area contributed by atoms with Crippen LogP contribution in [0, 0.1) is 0 Å². The number of alkyl halides is 3. The minimum Gasteiger partial charge on any atom is -0.353 e. The van der Waals surface area contributed by atoms with E-state index in [0.29, 0.717) is 5.75 Å². The van der Waals surface area contributed by atoms with Crippen molar-refractivity contribution >= 4 is 35.2 Å². The highest BCUT2D eigenvalue weighted by Gasteiger charge is 2.33. The lowest BCUT2D eigenvalue weighted by Crippen LogP contribution is -2.50. The van der Waals surface area contributed by atoms with Gasteiger partial charge in [0.2, 0.25) is 11.8 Å². The number of anilines is 1. The zero-order valence-electron chi connectivity index (χ0n) is 14.0. The zero-order valence-corrected chi connectivity index (χ0v) is 14.8. The lowest BCUT2D eigenvalue weighted by Gasteiger charge is -2.27. The van der Waals surface area contributed by atoms with E-state index in [-0.39, 0.29) is 42.5 Å². The summed E-state index contributed by atoms with van der Waals surface area (Å²) in [6.07, 6.45) is -4.67. The molecule has 1 aromatic rings. The molecule has 0 spiro atoms. The molecule has 2 rings (SSSR count). The number of rotatable bonds is 5. The second-order valence-electron chi connectivity index (χ2n) is 5.56. The van der Waals surface area contributed by atoms with Crippen LogP contribution in [0.15, 0.2) is 18.2 Å². The van der Waals surface area contributed by atoms with E-state index in [9.17, 15) is 27.6 Å². The predicted molar refractivity (Wildman–Crippen MR) is 92.0 cm³/mol. The predicted octanol–water partition coefficient (Wildman–Crippen LogP) is 1.97. The van der Waals surface area contributed by atoms with Crippen molar-refractivity contribution in [3.05, 3.63) is 29.3 Å². The SMILES string of the molecule is CCSCC(=O)Nc1cc(C(=O)N2CCNC(=O)C2)cc(C(F)(F)F)c1. The molecule has 0 bridgehead atoms. The van der Waals surface area contributed by atoms with Crippen LogP contribution in [0.5, 0.6) is 0 Å². The molecular weight excluding hydrogens is 371 g/mol. The molecule has 3 amide bonds. The summed E-state index contributed by atoms with van der Waals surface area (Å²) < 4.78 is 39.4. The van der Waals surface area contributed by atoms with Crippen LogP contribution in [0.1, 0.15) is 22.8 Å². The largest absolute Gasteiger partial charge is 0.416 e. The third-order valence-electron chi connectivity index (χ3n) is 3.55. The van der Waals surface area contributed by atoms with Crippen LogP contribution in [0.25, 0.3) is 0 Å². The van der Waals surface area contributed by atoms with Crippen LogP contribution in [0.2, 0.25) is 0 Å². The molecule has 1 aliphatic heterocycles. The van der Waals surface area contributed by atoms with Crippen molar-refractivity contribution < 1.29 is 27.6 Å². The lowest BCUT2D eigenvalue weighted by atomic mass is 10.1. The molecule has 0 aliphatic carbocycles. The summed E-state index contributed by atoms with van der Waals surface area (Å²) >= 11 is 1.32. The molecule has 1 fully saturated rings. The Labute approximate surface area is 152 Å². The van der Waals surface area contributed by atoms with E-state index >= 15 is 0 Å². The number of carbonyl (C=O) groups is 3. The summed E-state index contributed by atoms with van der Waals surface area (Å²) in [6.45, 7) is 2.08. The Bertz CT molecular complexity index is 710. The third-order valence-corrected chi connectivity index (χ3v) is 4.43. The molecular formula is C16H18F3N3O3S. The first kappa shape index (κ1) is 20.1. The van der Waals surface area contributed by atoms with Crippen molar-refractivity contribution in [2.45, 2.75) is 13.1 Å². The second kappa shape index (κ2) is 8.43. The van der Waals surface area contributed by atoms with Gasteiger partial charge in [-0.1, -0.05) is 6.92 Å². The molecule has 1 aliphatic rings. The highest BCUT2D eigenvalue weighted by Crippen LogP contribution is 2.32. The number of thioether (sulfide) groups is 1. The smallest absolute Gasteiger partial charge is 0.353 e. The van der Waals surface area contributed by atoms with Gasteiger partial charge in [-0.2, -0.15) is 24.9 Å². The Hall–Kier alpha value is -2.23. The summed E-state index contributed by atoms with van der Waals surface area (Å²) in [5.74, 6) is -0.725. The van der Waals surface area contributed by atoms with Gasteiger partial charge >= 0.3 is 6.18 Å². The van der Waals surface area contributed by atoms with E-state index < -0.39 is 23.6 Å². The van der Waals surface area contributed by atoms with E-state index in [4.69, 9.17) is 0 Å². The Morgan fingerprint density at radius 3 is 2.65 bits per heavy atom. The second-order valence-corrected chi connectivity index (χ2v) is 6.83. The third kappa shape index (κ3) is 5.38. The minimum absolute atomic E-state index is 0.0995. The molecule has 2 N–H and O–H groups in total. The van der Waals surface area contributed by atoms with Gasteiger partial charge in [0.1, 0.15) is 0 Å². The number of hydrogen-bond acceptors (Lipinski definition) is 4. The van der Waals surface area contributed by atoms with Crippen molar-refractivity contribution in [2.24, 2.45) is 0 Å². The molecule has 142 valence electrons. The summed E-state index contributed by atoms with van der Waals surface area (Å²) in [7, 11) is 0. The van der Waals surface area contributed by atoms with Gasteiger partial charge in [-0.05, 0) is 24.0 Å². The Balaban J connectivity index is 2.29. The average molecular weight is 389 g/mol. The monoisotopic (exact) mass is 389 g/mol. The molecule has 0 atom stereocenters. The van der Waals surface area contributed by atoms with Crippen molar-refractivity contribution in [3.63, 3.8) is 0 Å². The van der Waals surface area contributed by atoms with Gasteiger partial charge in [0, 0.05) is 24.3 Å². The van der Waals surface area contributed by atoms with E-state index in [0.717, 1.165) is 12.1 Å². The fourth-order valence-corrected chi connectivity index (χ4v) is 2.83. The number of hydrogen-bond donors (Lipinski definition) is 2. The first-order valence-electron chi connectivity index (χ1n) is 7.86. The fourth-order valence-electron chi connectivity index (χ4n) is 2.37.